The number of rotatable bonds is 5. The van der Waals surface area contributed by atoms with Gasteiger partial charge in [0.2, 0.25) is 0 Å². The van der Waals surface area contributed by atoms with E-state index in [0.29, 0.717) is 12.1 Å². The van der Waals surface area contributed by atoms with Crippen molar-refractivity contribution in [2.24, 2.45) is 11.1 Å². The normalized spacial score (nSPS) is 21.7. The van der Waals surface area contributed by atoms with Crippen molar-refractivity contribution in [3.05, 3.63) is 88.9 Å². The van der Waals surface area contributed by atoms with Crippen LogP contribution in [0.3, 0.4) is 0 Å². The Balaban J connectivity index is 1.74. The van der Waals surface area contributed by atoms with Crippen molar-refractivity contribution in [2.45, 2.75) is 52.5 Å². The molecule has 4 nitrogen and oxygen atoms in total. The summed E-state index contributed by atoms with van der Waals surface area (Å²) >= 11 is 0. The minimum atomic E-state index is -0.208. The predicted octanol–water partition coefficient (Wildman–Crippen LogP) is 4.62. The Morgan fingerprint density at radius 1 is 1.27 bits per heavy atom. The molecule has 1 aromatic carbocycles. The van der Waals surface area contributed by atoms with E-state index in [1.165, 1.54) is 27.8 Å². The van der Waals surface area contributed by atoms with E-state index in [9.17, 15) is 5.02 Å². The molecule has 0 fully saturated rings. The quantitative estimate of drug-likeness (QED) is 0.530. The van der Waals surface area contributed by atoms with Crippen LogP contribution in [0.4, 0.5) is 0 Å². The predicted molar refractivity (Wildman–Crippen MR) is 137 cm³/mol. The average molecular weight is 436 g/mol. The molecule has 167 valence electrons. The van der Waals surface area contributed by atoms with Crippen LogP contribution in [0.2, 0.25) is 0 Å². The second kappa shape index (κ2) is 7.77. The first kappa shape index (κ1) is 21.8. The fourth-order valence-corrected chi connectivity index (χ4v) is 6.14. The zero-order valence-corrected chi connectivity index (χ0v) is 19.7. The summed E-state index contributed by atoms with van der Waals surface area (Å²) in [7, 11) is 1.15. The molecule has 0 spiro atoms. The smallest absolute Gasteiger partial charge is 0.326 e. The Bertz CT molecular complexity index is 1300. The van der Waals surface area contributed by atoms with Crippen LogP contribution in [0.5, 0.6) is 0 Å². The number of allylic oxidation sites excluding steroid dienone is 5. The van der Waals surface area contributed by atoms with Crippen LogP contribution in [0.1, 0.15) is 56.4 Å². The Hall–Kier alpha value is -3.05. The lowest BCUT2D eigenvalue weighted by atomic mass is 9.62. The van der Waals surface area contributed by atoms with Crippen molar-refractivity contribution in [3.8, 4) is 0 Å². The number of pyridine rings is 1. The molecule has 3 aliphatic rings. The van der Waals surface area contributed by atoms with E-state index >= 15 is 0 Å². The van der Waals surface area contributed by atoms with Gasteiger partial charge in [-0.15, -0.1) is 0 Å². The van der Waals surface area contributed by atoms with Gasteiger partial charge in [0.05, 0.1) is 23.5 Å². The fourth-order valence-electron chi connectivity index (χ4n) is 6.14. The molecule has 2 aromatic rings. The molecule has 0 saturated heterocycles. The number of aryl methyl sites for hydroxylation is 1. The SMILES string of the molecule is C=C(N)C[C@]1(CC)C(=C)CCC2=C1C=C1c3nc4ccc([B]O)cc4c(CC)c3CN1C2=C. The lowest BCUT2D eigenvalue weighted by Crippen LogP contribution is -2.34. The first-order chi connectivity index (χ1) is 15.8. The summed E-state index contributed by atoms with van der Waals surface area (Å²) in [6, 6.07) is 5.94. The molecule has 0 amide bonds. The van der Waals surface area contributed by atoms with Gasteiger partial charge in [0, 0.05) is 27.8 Å². The van der Waals surface area contributed by atoms with Crippen molar-refractivity contribution in [2.75, 3.05) is 0 Å². The van der Waals surface area contributed by atoms with Gasteiger partial charge in [-0.05, 0) is 61.0 Å². The Morgan fingerprint density at radius 3 is 2.73 bits per heavy atom. The van der Waals surface area contributed by atoms with Crippen molar-refractivity contribution >= 4 is 29.5 Å². The molecule has 5 rings (SSSR count). The Kier molecular flexibility index (Phi) is 5.13. The highest BCUT2D eigenvalue weighted by Crippen LogP contribution is 2.56. The van der Waals surface area contributed by atoms with Crippen LogP contribution in [0, 0.1) is 5.41 Å². The van der Waals surface area contributed by atoms with Gasteiger partial charge in [-0.1, -0.05) is 56.8 Å². The maximum Gasteiger partial charge on any atom is 0.326 e. The number of benzene rings is 1. The van der Waals surface area contributed by atoms with Crippen molar-refractivity contribution in [1.82, 2.24) is 9.88 Å². The van der Waals surface area contributed by atoms with Crippen molar-refractivity contribution in [1.29, 1.82) is 0 Å². The molecule has 3 heterocycles. The van der Waals surface area contributed by atoms with Gasteiger partial charge in [-0.3, -0.25) is 0 Å². The number of nitrogens with two attached hydrogens (primary N) is 1. The third kappa shape index (κ3) is 3.06. The summed E-state index contributed by atoms with van der Waals surface area (Å²) in [5.74, 6) is 0. The van der Waals surface area contributed by atoms with Gasteiger partial charge in [0.25, 0.3) is 0 Å². The highest BCUT2D eigenvalue weighted by Gasteiger charge is 2.44. The van der Waals surface area contributed by atoms with E-state index in [1.54, 1.807) is 0 Å². The number of aromatic nitrogens is 1. The highest BCUT2D eigenvalue weighted by molar-refractivity contribution is 6.46. The number of nitrogens with zero attached hydrogens (tertiary/aromatic N) is 2. The zero-order chi connectivity index (χ0) is 23.5. The molecule has 1 radical (unpaired) electrons. The lowest BCUT2D eigenvalue weighted by molar-refractivity contribution is 0.374. The average Bonchev–Trinajstić information content (AvgIpc) is 3.17. The maximum atomic E-state index is 9.53. The summed E-state index contributed by atoms with van der Waals surface area (Å²) in [5.41, 5.74) is 18.0. The molecule has 0 unspecified atom stereocenters. The van der Waals surface area contributed by atoms with Crippen LogP contribution in [0.25, 0.3) is 16.6 Å². The number of hydrogen-bond acceptors (Lipinski definition) is 4. The van der Waals surface area contributed by atoms with Crippen LogP contribution in [-0.2, 0) is 13.0 Å². The minimum absolute atomic E-state index is 0.208. The van der Waals surface area contributed by atoms with E-state index in [4.69, 9.17) is 10.7 Å². The first-order valence-corrected chi connectivity index (χ1v) is 11.8. The zero-order valence-electron chi connectivity index (χ0n) is 19.7. The Labute approximate surface area is 197 Å². The summed E-state index contributed by atoms with van der Waals surface area (Å²) in [5, 5.41) is 10.6. The standard InChI is InChI=1S/C28H31BN3O/c1-6-20-22-12-19(29-33)9-11-25(22)31-27-23(20)15-32-18(5)21-10-8-16(3)28(7-2,14-17(4)30)24(21)13-26(27)32/h9,11-13,33H,3-8,10,14-15,30H2,1-2H3/t28-/m1/s1. The van der Waals surface area contributed by atoms with E-state index in [2.05, 4.69) is 44.6 Å². The van der Waals surface area contributed by atoms with Crippen LogP contribution >= 0.6 is 0 Å². The summed E-state index contributed by atoms with van der Waals surface area (Å²) in [6.45, 7) is 18.3. The third-order valence-electron chi connectivity index (χ3n) is 7.86. The first-order valence-electron chi connectivity index (χ1n) is 11.8. The summed E-state index contributed by atoms with van der Waals surface area (Å²) in [6.07, 6.45) is 6.77. The molecule has 3 N–H and O–H groups in total. The van der Waals surface area contributed by atoms with E-state index in [0.717, 1.165) is 73.2 Å². The summed E-state index contributed by atoms with van der Waals surface area (Å²) < 4.78 is 0. The van der Waals surface area contributed by atoms with Gasteiger partial charge in [-0.2, -0.15) is 0 Å². The van der Waals surface area contributed by atoms with Gasteiger partial charge in [-0.25, -0.2) is 4.98 Å². The fraction of sp³-hybridized carbons (Fsp3) is 0.321. The Morgan fingerprint density at radius 2 is 2.06 bits per heavy atom. The lowest BCUT2D eigenvalue weighted by Gasteiger charge is -2.45. The van der Waals surface area contributed by atoms with Gasteiger partial charge in [0.15, 0.2) is 0 Å². The molecule has 1 aliphatic carbocycles. The number of fused-ring (bicyclic) bond motifs is 4. The number of hydrogen-bond donors (Lipinski definition) is 2. The topological polar surface area (TPSA) is 62.4 Å². The van der Waals surface area contributed by atoms with Crippen molar-refractivity contribution in [3.63, 3.8) is 0 Å². The second-order valence-electron chi connectivity index (χ2n) is 9.51. The third-order valence-corrected chi connectivity index (χ3v) is 7.86. The molecule has 1 atom stereocenters. The minimum Gasteiger partial charge on any atom is -0.450 e. The molecule has 33 heavy (non-hydrogen) atoms. The van der Waals surface area contributed by atoms with Crippen LogP contribution < -0.4 is 11.2 Å². The van der Waals surface area contributed by atoms with Crippen molar-refractivity contribution < 1.29 is 5.02 Å². The van der Waals surface area contributed by atoms with E-state index < -0.39 is 0 Å². The van der Waals surface area contributed by atoms with E-state index in [-0.39, 0.29) is 5.41 Å². The molecule has 1 aromatic heterocycles. The monoisotopic (exact) mass is 436 g/mol. The molecular formula is C28H31BN3O. The van der Waals surface area contributed by atoms with Crippen LogP contribution in [0.15, 0.2) is 72.1 Å². The summed E-state index contributed by atoms with van der Waals surface area (Å²) in [4.78, 5) is 7.45. The van der Waals surface area contributed by atoms with Gasteiger partial charge in [0.1, 0.15) is 0 Å². The van der Waals surface area contributed by atoms with Gasteiger partial charge >= 0.3 is 7.48 Å². The largest absolute Gasteiger partial charge is 0.450 e. The molecule has 5 heteroatoms. The molecule has 2 aliphatic heterocycles. The van der Waals surface area contributed by atoms with E-state index in [1.807, 2.05) is 18.2 Å². The second-order valence-corrected chi connectivity index (χ2v) is 9.51. The van der Waals surface area contributed by atoms with Crippen LogP contribution in [-0.4, -0.2) is 22.4 Å². The highest BCUT2D eigenvalue weighted by atomic mass is 16.2. The van der Waals surface area contributed by atoms with Gasteiger partial charge < -0.3 is 15.7 Å². The molecule has 0 bridgehead atoms. The molecule has 0 saturated carbocycles. The maximum absolute atomic E-state index is 9.53. The molecular weight excluding hydrogens is 405 g/mol.